The zero-order chi connectivity index (χ0) is 34.1. The average Bonchev–Trinajstić information content (AvgIpc) is 3.76. The van der Waals surface area contributed by atoms with Crippen LogP contribution in [0.15, 0.2) is 123 Å². The smallest absolute Gasteiger partial charge is 0.297 e. The molecule has 244 valence electrons. The van der Waals surface area contributed by atoms with Crippen molar-refractivity contribution in [2.45, 2.75) is 29.1 Å². The maximum absolute atomic E-state index is 15.2. The van der Waals surface area contributed by atoms with Crippen LogP contribution >= 0.6 is 34.7 Å². The zero-order valence-electron chi connectivity index (χ0n) is 26.4. The average molecular weight is 713 g/mol. The molecule has 5 aromatic carbocycles. The largest absolute Gasteiger partial charge is 0.450 e. The van der Waals surface area contributed by atoms with Gasteiger partial charge < -0.3 is 9.32 Å². The van der Waals surface area contributed by atoms with Gasteiger partial charge in [0.15, 0.2) is 15.3 Å². The predicted octanol–water partition coefficient (Wildman–Crippen LogP) is 8.50. The van der Waals surface area contributed by atoms with Gasteiger partial charge in [0, 0.05) is 16.3 Å². The molecule has 0 radical (unpaired) electrons. The van der Waals surface area contributed by atoms with E-state index in [1.807, 2.05) is 61.5 Å². The number of rotatable bonds is 6. The summed E-state index contributed by atoms with van der Waals surface area (Å²) in [6.45, 7) is 2.22. The summed E-state index contributed by atoms with van der Waals surface area (Å²) in [6, 6.07) is 34.2. The summed E-state index contributed by atoms with van der Waals surface area (Å²) in [5.74, 6) is -0.684. The summed E-state index contributed by atoms with van der Waals surface area (Å²) >= 11 is 9.03. The molecule has 0 N–H and O–H groups in total. The number of aryl methyl sites for hydroxylation is 1. The van der Waals surface area contributed by atoms with Gasteiger partial charge in [0.25, 0.3) is 11.8 Å². The molecule has 0 saturated heterocycles. The first-order valence-corrected chi connectivity index (χ1v) is 18.0. The Balaban J connectivity index is 1.21. The van der Waals surface area contributed by atoms with Crippen LogP contribution in [0.2, 0.25) is 5.02 Å². The molecule has 2 aliphatic heterocycles. The van der Waals surface area contributed by atoms with Crippen LogP contribution in [0, 0.1) is 6.92 Å². The SMILES string of the molecule is Cc1cccc(CN2C(=O)C3(c4ccccc42)c2c(oc4ccc(Cl)cc4c2=O)C(=O)N3c2nnc(SCc3cccc4ccccc34)s2)c1. The second kappa shape index (κ2) is 11.7. The molecule has 0 fully saturated rings. The minimum absolute atomic E-state index is 0.0541. The predicted molar refractivity (Wildman–Crippen MR) is 197 cm³/mol. The second-order valence-electron chi connectivity index (χ2n) is 12.3. The number of benzene rings is 5. The van der Waals surface area contributed by atoms with Gasteiger partial charge in [0.1, 0.15) is 5.58 Å². The first-order chi connectivity index (χ1) is 24.3. The van der Waals surface area contributed by atoms with Crippen LogP contribution in [0.1, 0.15) is 38.4 Å². The Bertz CT molecular complexity index is 2610. The van der Waals surface area contributed by atoms with E-state index in [9.17, 15) is 9.59 Å². The molecule has 0 bridgehead atoms. The number of carbonyl (C=O) groups excluding carboxylic acids is 2. The lowest BCUT2D eigenvalue weighted by Crippen LogP contribution is -2.53. The number of amides is 2. The number of nitrogens with zero attached hydrogens (tertiary/aromatic N) is 4. The highest BCUT2D eigenvalue weighted by molar-refractivity contribution is 8.00. The third-order valence-electron chi connectivity index (χ3n) is 9.33. The summed E-state index contributed by atoms with van der Waals surface area (Å²) in [5, 5.41) is 11.9. The summed E-state index contributed by atoms with van der Waals surface area (Å²) in [5.41, 5.74) is 1.91. The van der Waals surface area contributed by atoms with Crippen LogP contribution in [0.5, 0.6) is 0 Å². The number of aromatic nitrogens is 2. The summed E-state index contributed by atoms with van der Waals surface area (Å²) < 4.78 is 6.82. The number of para-hydroxylation sites is 1. The molecule has 0 aliphatic carbocycles. The van der Waals surface area contributed by atoms with E-state index in [2.05, 4.69) is 34.5 Å². The van der Waals surface area contributed by atoms with Crippen molar-refractivity contribution in [2.24, 2.45) is 0 Å². The first kappa shape index (κ1) is 30.7. The van der Waals surface area contributed by atoms with Crippen LogP contribution in [-0.2, 0) is 22.6 Å². The van der Waals surface area contributed by atoms with Crippen LogP contribution in [0.25, 0.3) is 21.7 Å². The Morgan fingerprint density at radius 1 is 0.860 bits per heavy atom. The minimum Gasteiger partial charge on any atom is -0.450 e. The highest BCUT2D eigenvalue weighted by atomic mass is 35.5. The lowest BCUT2D eigenvalue weighted by Gasteiger charge is -2.32. The number of anilines is 2. The van der Waals surface area contributed by atoms with Crippen LogP contribution in [0.4, 0.5) is 10.8 Å². The van der Waals surface area contributed by atoms with E-state index in [1.165, 1.54) is 34.1 Å². The zero-order valence-corrected chi connectivity index (χ0v) is 28.8. The number of fused-ring (bicyclic) bond motifs is 6. The van der Waals surface area contributed by atoms with E-state index in [-0.39, 0.29) is 34.0 Å². The van der Waals surface area contributed by atoms with Crippen LogP contribution in [-0.4, -0.2) is 22.0 Å². The Hall–Kier alpha value is -5.29. The van der Waals surface area contributed by atoms with Crippen LogP contribution < -0.4 is 15.2 Å². The quantitative estimate of drug-likeness (QED) is 0.126. The number of hydrogen-bond acceptors (Lipinski definition) is 8. The lowest BCUT2D eigenvalue weighted by molar-refractivity contribution is -0.121. The molecule has 9 rings (SSSR count). The van der Waals surface area contributed by atoms with E-state index in [1.54, 1.807) is 29.2 Å². The maximum atomic E-state index is 15.2. The first-order valence-electron chi connectivity index (χ1n) is 15.9. The van der Waals surface area contributed by atoms with E-state index < -0.39 is 22.8 Å². The number of carbonyl (C=O) groups is 2. The fourth-order valence-electron chi connectivity index (χ4n) is 7.19. The van der Waals surface area contributed by atoms with Crippen molar-refractivity contribution in [1.29, 1.82) is 0 Å². The highest BCUT2D eigenvalue weighted by Gasteiger charge is 2.66. The van der Waals surface area contributed by atoms with Crippen molar-refractivity contribution < 1.29 is 14.0 Å². The third-order valence-corrected chi connectivity index (χ3v) is 11.7. The molecule has 50 heavy (non-hydrogen) atoms. The molecule has 11 heteroatoms. The van der Waals surface area contributed by atoms with Gasteiger partial charge >= 0.3 is 0 Å². The van der Waals surface area contributed by atoms with Gasteiger partial charge in [-0.05, 0) is 53.1 Å². The van der Waals surface area contributed by atoms with Gasteiger partial charge in [-0.3, -0.25) is 19.3 Å². The molecular weight excluding hydrogens is 688 g/mol. The number of hydrogen-bond donors (Lipinski definition) is 0. The topological polar surface area (TPSA) is 96.6 Å². The van der Waals surface area contributed by atoms with E-state index in [0.717, 1.165) is 27.5 Å². The molecule has 2 amide bonds. The van der Waals surface area contributed by atoms with Gasteiger partial charge in [-0.1, -0.05) is 125 Å². The van der Waals surface area contributed by atoms with E-state index in [4.69, 9.17) is 16.0 Å². The maximum Gasteiger partial charge on any atom is 0.297 e. The molecule has 1 atom stereocenters. The fourth-order valence-corrected chi connectivity index (χ4v) is 9.26. The van der Waals surface area contributed by atoms with Crippen molar-refractivity contribution >= 4 is 79.1 Å². The van der Waals surface area contributed by atoms with Crippen molar-refractivity contribution in [3.05, 3.63) is 158 Å². The van der Waals surface area contributed by atoms with Crippen molar-refractivity contribution in [2.75, 3.05) is 9.80 Å². The minimum atomic E-state index is -1.89. The molecule has 2 aromatic heterocycles. The molecule has 0 saturated carbocycles. The monoisotopic (exact) mass is 712 g/mol. The second-order valence-corrected chi connectivity index (χ2v) is 14.9. The molecule has 7 aromatic rings. The Morgan fingerprint density at radius 2 is 1.66 bits per heavy atom. The Morgan fingerprint density at radius 3 is 2.54 bits per heavy atom. The normalized spacial score (nSPS) is 16.6. The van der Waals surface area contributed by atoms with E-state index >= 15 is 4.79 Å². The molecule has 1 spiro atoms. The third kappa shape index (κ3) is 4.56. The number of halogens is 1. The molecule has 8 nitrogen and oxygen atoms in total. The Kier molecular flexibility index (Phi) is 7.17. The number of thioether (sulfide) groups is 1. The highest BCUT2D eigenvalue weighted by Crippen LogP contribution is 2.55. The van der Waals surface area contributed by atoms with Gasteiger partial charge in [0.05, 0.1) is 23.2 Å². The summed E-state index contributed by atoms with van der Waals surface area (Å²) in [7, 11) is 0. The lowest BCUT2D eigenvalue weighted by atomic mass is 9.84. The summed E-state index contributed by atoms with van der Waals surface area (Å²) in [4.78, 5) is 47.4. The Labute approximate surface area is 298 Å². The molecule has 1 unspecified atom stereocenters. The van der Waals surface area contributed by atoms with Gasteiger partial charge in [-0.25, -0.2) is 0 Å². The van der Waals surface area contributed by atoms with Crippen molar-refractivity contribution in [3.63, 3.8) is 0 Å². The molecular formula is C39H25ClN4O4S2. The molecule has 2 aliphatic rings. The van der Waals surface area contributed by atoms with E-state index in [0.29, 0.717) is 26.4 Å². The van der Waals surface area contributed by atoms with Crippen LogP contribution in [0.3, 0.4) is 0 Å². The van der Waals surface area contributed by atoms with Gasteiger partial charge in [0.2, 0.25) is 10.9 Å². The fraction of sp³-hybridized carbons (Fsp3) is 0.103. The van der Waals surface area contributed by atoms with Gasteiger partial charge in [-0.2, -0.15) is 0 Å². The van der Waals surface area contributed by atoms with Crippen molar-refractivity contribution in [1.82, 2.24) is 10.2 Å². The van der Waals surface area contributed by atoms with Gasteiger partial charge in [-0.15, -0.1) is 10.2 Å². The summed E-state index contributed by atoms with van der Waals surface area (Å²) in [6.07, 6.45) is 0. The molecule has 4 heterocycles. The standard InChI is InChI=1S/C39H25ClN4O4S2/c1-22-8-6-9-23(18-22)20-43-30-15-5-4-14-29(30)39(36(43)47)32-33(45)28-19-26(40)16-17-31(28)48-34(32)35(46)44(39)37-41-42-38(50-37)49-21-25-12-7-11-24-10-2-3-13-27(24)25/h2-19H,20-21H2,1H3. The van der Waals surface area contributed by atoms with Crippen molar-refractivity contribution in [3.8, 4) is 0 Å².